The maximum Gasteiger partial charge on any atom is 0.417 e. The van der Waals surface area contributed by atoms with Gasteiger partial charge >= 0.3 is 18.3 Å². The molecule has 1 aromatic carbocycles. The van der Waals surface area contributed by atoms with Crippen molar-refractivity contribution in [2.24, 2.45) is 0 Å². The van der Waals surface area contributed by atoms with Gasteiger partial charge in [0.25, 0.3) is 0 Å². The molecule has 12 nitrogen and oxygen atoms in total. The van der Waals surface area contributed by atoms with Gasteiger partial charge in [-0.15, -0.1) is 0 Å². The first-order chi connectivity index (χ1) is 19.6. The summed E-state index contributed by atoms with van der Waals surface area (Å²) in [6, 6.07) is 7.85. The van der Waals surface area contributed by atoms with Gasteiger partial charge in [-0.2, -0.15) is 0 Å². The van der Waals surface area contributed by atoms with Crippen molar-refractivity contribution >= 4 is 24.2 Å². The topological polar surface area (TPSA) is 146 Å². The quantitative estimate of drug-likeness (QED) is 0.496. The van der Waals surface area contributed by atoms with Crippen LogP contribution in [0.25, 0.3) is 0 Å². The highest BCUT2D eigenvalue weighted by Crippen LogP contribution is 2.20. The largest absolute Gasteiger partial charge is 0.445 e. The molecule has 236 valence electrons. The van der Waals surface area contributed by atoms with Crippen molar-refractivity contribution in [2.75, 3.05) is 32.8 Å². The van der Waals surface area contributed by atoms with Crippen molar-refractivity contribution in [3.8, 4) is 0 Å². The fourth-order valence-electron chi connectivity index (χ4n) is 4.32. The first-order valence-electron chi connectivity index (χ1n) is 14.4. The SMILES string of the molecule is CC(C)(C)OC(=O)N1CCCCN(C(=O)OCc2ccccc2)C([C@H](O)CO)CC(=O)N(C(=O)OC(C)(C)C)CCC1. The van der Waals surface area contributed by atoms with Crippen molar-refractivity contribution in [2.45, 2.75) is 97.2 Å². The third-order valence-corrected chi connectivity index (χ3v) is 6.31. The molecule has 1 saturated heterocycles. The molecule has 2 N–H and O–H groups in total. The fourth-order valence-corrected chi connectivity index (χ4v) is 4.32. The van der Waals surface area contributed by atoms with Gasteiger partial charge in [-0.25, -0.2) is 19.3 Å². The highest BCUT2D eigenvalue weighted by atomic mass is 16.6. The number of amides is 4. The summed E-state index contributed by atoms with van der Waals surface area (Å²) in [7, 11) is 0. The van der Waals surface area contributed by atoms with E-state index in [2.05, 4.69) is 0 Å². The van der Waals surface area contributed by atoms with E-state index in [-0.39, 0.29) is 32.7 Å². The van der Waals surface area contributed by atoms with Crippen molar-refractivity contribution < 1.29 is 43.6 Å². The molecule has 12 heteroatoms. The number of imide groups is 1. The monoisotopic (exact) mass is 593 g/mol. The molecule has 2 atom stereocenters. The van der Waals surface area contributed by atoms with Crippen LogP contribution in [0.5, 0.6) is 0 Å². The van der Waals surface area contributed by atoms with Crippen LogP contribution in [0.2, 0.25) is 0 Å². The Labute approximate surface area is 248 Å². The number of aliphatic hydroxyl groups excluding tert-OH is 2. The molecule has 42 heavy (non-hydrogen) atoms. The van der Waals surface area contributed by atoms with Gasteiger partial charge in [0.15, 0.2) is 0 Å². The number of aliphatic hydroxyl groups is 2. The number of hydrogen-bond donors (Lipinski definition) is 2. The summed E-state index contributed by atoms with van der Waals surface area (Å²) in [6.07, 6.45) is -3.01. The van der Waals surface area contributed by atoms with Crippen LogP contribution >= 0.6 is 0 Å². The van der Waals surface area contributed by atoms with Crippen LogP contribution in [0.1, 0.15) is 72.8 Å². The molecule has 1 heterocycles. The maximum atomic E-state index is 13.6. The molecule has 0 aromatic heterocycles. The van der Waals surface area contributed by atoms with Crippen molar-refractivity contribution in [1.29, 1.82) is 0 Å². The average Bonchev–Trinajstić information content (AvgIpc) is 2.90. The Balaban J connectivity index is 2.39. The van der Waals surface area contributed by atoms with E-state index in [0.717, 1.165) is 10.5 Å². The number of hydrogen-bond acceptors (Lipinski definition) is 9. The lowest BCUT2D eigenvalue weighted by molar-refractivity contribution is -0.133. The van der Waals surface area contributed by atoms with Crippen LogP contribution in [0.4, 0.5) is 14.4 Å². The Bertz CT molecular complexity index is 1040. The molecule has 1 aliphatic heterocycles. The van der Waals surface area contributed by atoms with E-state index in [4.69, 9.17) is 14.2 Å². The zero-order chi connectivity index (χ0) is 31.5. The Morgan fingerprint density at radius 2 is 1.43 bits per heavy atom. The lowest BCUT2D eigenvalue weighted by atomic mass is 10.0. The van der Waals surface area contributed by atoms with Gasteiger partial charge in [-0.3, -0.25) is 4.79 Å². The minimum Gasteiger partial charge on any atom is -0.445 e. The van der Waals surface area contributed by atoms with Crippen LogP contribution in [-0.4, -0.2) is 105 Å². The van der Waals surface area contributed by atoms with Gasteiger partial charge in [-0.1, -0.05) is 30.3 Å². The summed E-state index contributed by atoms with van der Waals surface area (Å²) in [5.74, 6) is -0.703. The summed E-state index contributed by atoms with van der Waals surface area (Å²) in [6.45, 7) is 10.0. The molecule has 1 fully saturated rings. The van der Waals surface area contributed by atoms with E-state index in [1.807, 2.05) is 6.07 Å². The van der Waals surface area contributed by atoms with Crippen LogP contribution in [0.15, 0.2) is 30.3 Å². The summed E-state index contributed by atoms with van der Waals surface area (Å²) in [5.41, 5.74) is -0.863. The van der Waals surface area contributed by atoms with Gasteiger partial charge in [-0.05, 0) is 66.4 Å². The maximum absolute atomic E-state index is 13.6. The predicted octanol–water partition coefficient (Wildman–Crippen LogP) is 3.92. The third kappa shape index (κ3) is 11.8. The lowest BCUT2D eigenvalue weighted by Gasteiger charge is -2.34. The summed E-state index contributed by atoms with van der Waals surface area (Å²) in [5, 5.41) is 20.6. The number of benzene rings is 1. The summed E-state index contributed by atoms with van der Waals surface area (Å²) >= 11 is 0. The predicted molar refractivity (Wildman–Crippen MR) is 154 cm³/mol. The van der Waals surface area contributed by atoms with Gasteiger partial charge in [0.2, 0.25) is 5.91 Å². The molecule has 0 bridgehead atoms. The first-order valence-corrected chi connectivity index (χ1v) is 14.4. The van der Waals surface area contributed by atoms with E-state index in [1.165, 1.54) is 9.80 Å². The van der Waals surface area contributed by atoms with Crippen LogP contribution in [0.3, 0.4) is 0 Å². The van der Waals surface area contributed by atoms with E-state index in [0.29, 0.717) is 19.4 Å². The molecule has 1 aromatic rings. The van der Waals surface area contributed by atoms with Gasteiger partial charge in [0.1, 0.15) is 17.8 Å². The highest BCUT2D eigenvalue weighted by Gasteiger charge is 2.36. The second-order valence-electron chi connectivity index (χ2n) is 12.3. The Hall–Kier alpha value is -3.38. The van der Waals surface area contributed by atoms with Crippen molar-refractivity contribution in [1.82, 2.24) is 14.7 Å². The molecule has 0 saturated carbocycles. The molecular weight excluding hydrogens is 546 g/mol. The Kier molecular flexibility index (Phi) is 13.0. The molecule has 0 spiro atoms. The minimum atomic E-state index is -1.48. The molecule has 0 radical (unpaired) electrons. The zero-order valence-electron chi connectivity index (χ0n) is 25.7. The third-order valence-electron chi connectivity index (χ3n) is 6.31. The Morgan fingerprint density at radius 3 is 2.02 bits per heavy atom. The smallest absolute Gasteiger partial charge is 0.417 e. The standard InChI is InChI=1S/C30H47N3O9/c1-29(2,3)41-26(37)31-15-10-11-17-32(27(38)40-21-22-13-8-7-9-14-22)23(24(35)20-34)19-25(36)33(18-12-16-31)28(39)42-30(4,5)6/h7-9,13-14,23-24,34-35H,10-12,15-21H2,1-6H3/t23?,24-/m1/s1. The van der Waals surface area contributed by atoms with Crippen LogP contribution < -0.4 is 0 Å². The second kappa shape index (κ2) is 15.7. The normalized spacial score (nSPS) is 18.7. The Morgan fingerprint density at radius 1 is 0.857 bits per heavy atom. The minimum absolute atomic E-state index is 0.0392. The van der Waals surface area contributed by atoms with Crippen molar-refractivity contribution in [3.63, 3.8) is 0 Å². The van der Waals surface area contributed by atoms with E-state index >= 15 is 0 Å². The first kappa shape index (κ1) is 34.8. The molecule has 4 amide bonds. The second-order valence-corrected chi connectivity index (χ2v) is 12.3. The fraction of sp³-hybridized carbons (Fsp3) is 0.667. The average molecular weight is 594 g/mol. The number of ether oxygens (including phenoxy) is 3. The van der Waals surface area contributed by atoms with Crippen LogP contribution in [-0.2, 0) is 25.6 Å². The zero-order valence-corrected chi connectivity index (χ0v) is 25.7. The lowest BCUT2D eigenvalue weighted by Crippen LogP contribution is -2.52. The number of rotatable bonds is 4. The summed E-state index contributed by atoms with van der Waals surface area (Å²) < 4.78 is 16.5. The van der Waals surface area contributed by atoms with E-state index < -0.39 is 60.6 Å². The molecule has 0 aliphatic carbocycles. The van der Waals surface area contributed by atoms with Gasteiger partial charge in [0.05, 0.1) is 25.2 Å². The number of carbonyl (C=O) groups is 4. The molecule has 1 unspecified atom stereocenters. The van der Waals surface area contributed by atoms with E-state index in [9.17, 15) is 29.4 Å². The van der Waals surface area contributed by atoms with Crippen molar-refractivity contribution in [3.05, 3.63) is 35.9 Å². The van der Waals surface area contributed by atoms with E-state index in [1.54, 1.807) is 65.8 Å². The van der Waals surface area contributed by atoms with Crippen LogP contribution in [0, 0.1) is 0 Å². The number of nitrogens with zero attached hydrogens (tertiary/aromatic N) is 3. The highest BCUT2D eigenvalue weighted by molar-refractivity contribution is 5.92. The summed E-state index contributed by atoms with van der Waals surface area (Å²) in [4.78, 5) is 56.6. The molecular formula is C30H47N3O9. The molecule has 1 aliphatic rings. The van der Waals surface area contributed by atoms with Gasteiger partial charge < -0.3 is 34.2 Å². The number of carbonyl (C=O) groups excluding carboxylic acids is 4. The van der Waals surface area contributed by atoms with Gasteiger partial charge in [0, 0.05) is 26.2 Å². The molecule has 2 rings (SSSR count).